The predicted octanol–water partition coefficient (Wildman–Crippen LogP) is 2.41. The molecular weight excluding hydrogens is 206 g/mol. The highest BCUT2D eigenvalue weighted by atomic mass is 32.1. The smallest absolute Gasteiger partial charge is 0.449 e. The van der Waals surface area contributed by atoms with Crippen molar-refractivity contribution >= 4 is 17.5 Å². The summed E-state index contributed by atoms with van der Waals surface area (Å²) in [5, 5.41) is 9.37. The Morgan fingerprint density at radius 2 is 2.31 bits per heavy atom. The Kier molecular flexibility index (Phi) is 3.02. The second-order valence-corrected chi connectivity index (χ2v) is 2.70. The molecule has 1 N–H and O–H groups in total. The first-order valence-electron chi connectivity index (χ1n) is 3.02. The van der Waals surface area contributed by atoms with Gasteiger partial charge in [-0.3, -0.25) is 0 Å². The molecule has 1 aromatic heterocycles. The fraction of sp³-hybridized carbons (Fsp3) is 0.167. The number of alkyl halides is 2. The predicted molar refractivity (Wildman–Crippen MR) is 39.6 cm³/mol. The van der Waals surface area contributed by atoms with Crippen LogP contribution in [0.1, 0.15) is 0 Å². The number of carbonyl (C=O) groups is 1. The van der Waals surface area contributed by atoms with Crippen molar-refractivity contribution in [2.24, 2.45) is 0 Å². The molecular formula is C6H4F2O4S. The maximum Gasteiger partial charge on any atom is 0.512 e. The molecule has 0 atom stereocenters. The minimum Gasteiger partial charge on any atom is -0.449 e. The van der Waals surface area contributed by atoms with E-state index in [0.717, 1.165) is 11.3 Å². The zero-order valence-electron chi connectivity index (χ0n) is 6.07. The summed E-state index contributed by atoms with van der Waals surface area (Å²) in [5.41, 5.74) is 0. The molecule has 1 heterocycles. The average molecular weight is 210 g/mol. The normalized spacial score (nSPS) is 10.1. The summed E-state index contributed by atoms with van der Waals surface area (Å²) in [6, 6.07) is 1.20. The lowest BCUT2D eigenvalue weighted by molar-refractivity contribution is -0.0508. The van der Waals surface area contributed by atoms with Crippen LogP contribution in [0.4, 0.5) is 13.6 Å². The van der Waals surface area contributed by atoms with E-state index in [-0.39, 0.29) is 10.8 Å². The number of thiophene rings is 1. The van der Waals surface area contributed by atoms with Gasteiger partial charge in [0.1, 0.15) is 0 Å². The van der Waals surface area contributed by atoms with Crippen LogP contribution >= 0.6 is 11.3 Å². The van der Waals surface area contributed by atoms with Gasteiger partial charge in [0.25, 0.3) is 0 Å². The SMILES string of the molecule is O=C(O)Oc1sccc1OC(F)F. The molecule has 1 rings (SSSR count). The van der Waals surface area contributed by atoms with Gasteiger partial charge >= 0.3 is 12.8 Å². The fourth-order valence-electron chi connectivity index (χ4n) is 0.621. The number of hydrogen-bond acceptors (Lipinski definition) is 4. The summed E-state index contributed by atoms with van der Waals surface area (Å²) in [5.74, 6) is -0.276. The molecule has 0 aliphatic carbocycles. The van der Waals surface area contributed by atoms with Crippen molar-refractivity contribution in [3.63, 3.8) is 0 Å². The maximum absolute atomic E-state index is 11.7. The van der Waals surface area contributed by atoms with Crippen LogP contribution in [-0.2, 0) is 0 Å². The van der Waals surface area contributed by atoms with Crippen molar-refractivity contribution in [2.75, 3.05) is 0 Å². The second-order valence-electron chi connectivity index (χ2n) is 1.82. The van der Waals surface area contributed by atoms with E-state index in [1.807, 2.05) is 0 Å². The lowest BCUT2D eigenvalue weighted by atomic mass is 10.6. The van der Waals surface area contributed by atoms with Crippen LogP contribution in [0, 0.1) is 0 Å². The van der Waals surface area contributed by atoms with Gasteiger partial charge in [-0.2, -0.15) is 8.78 Å². The first-order chi connectivity index (χ1) is 6.09. The van der Waals surface area contributed by atoms with Gasteiger partial charge in [-0.15, -0.1) is 11.3 Å². The highest BCUT2D eigenvalue weighted by molar-refractivity contribution is 7.12. The van der Waals surface area contributed by atoms with Crippen LogP contribution in [0.3, 0.4) is 0 Å². The number of hydrogen-bond donors (Lipinski definition) is 1. The topological polar surface area (TPSA) is 55.8 Å². The molecule has 0 spiro atoms. The minimum atomic E-state index is -2.99. The third kappa shape index (κ3) is 2.86. The van der Waals surface area contributed by atoms with Crippen LogP contribution in [0.25, 0.3) is 0 Å². The average Bonchev–Trinajstić information content (AvgIpc) is 2.34. The summed E-state index contributed by atoms with van der Waals surface area (Å²) >= 11 is 0.858. The lowest BCUT2D eigenvalue weighted by Gasteiger charge is -2.03. The number of rotatable bonds is 3. The van der Waals surface area contributed by atoms with Gasteiger partial charge in [-0.1, -0.05) is 0 Å². The van der Waals surface area contributed by atoms with Gasteiger partial charge in [0.2, 0.25) is 5.06 Å². The molecule has 1 aromatic rings. The van der Waals surface area contributed by atoms with E-state index >= 15 is 0 Å². The maximum atomic E-state index is 11.7. The monoisotopic (exact) mass is 210 g/mol. The van der Waals surface area contributed by atoms with E-state index in [1.54, 1.807) is 0 Å². The van der Waals surface area contributed by atoms with E-state index in [9.17, 15) is 13.6 Å². The highest BCUT2D eigenvalue weighted by Crippen LogP contribution is 2.34. The van der Waals surface area contributed by atoms with Crippen molar-refractivity contribution in [3.8, 4) is 10.8 Å². The number of ether oxygens (including phenoxy) is 2. The Morgan fingerprint density at radius 3 is 2.85 bits per heavy atom. The largest absolute Gasteiger partial charge is 0.512 e. The van der Waals surface area contributed by atoms with E-state index in [1.165, 1.54) is 11.4 Å². The van der Waals surface area contributed by atoms with Crippen LogP contribution in [0.15, 0.2) is 11.4 Å². The van der Waals surface area contributed by atoms with Gasteiger partial charge in [-0.25, -0.2) is 4.79 Å². The zero-order chi connectivity index (χ0) is 9.84. The van der Waals surface area contributed by atoms with Gasteiger partial charge in [-0.05, 0) is 11.4 Å². The number of halogens is 2. The van der Waals surface area contributed by atoms with E-state index in [2.05, 4.69) is 9.47 Å². The molecule has 4 nitrogen and oxygen atoms in total. The Bertz CT molecular complexity index is 299. The van der Waals surface area contributed by atoms with E-state index in [4.69, 9.17) is 5.11 Å². The molecule has 0 aromatic carbocycles. The third-order valence-corrected chi connectivity index (χ3v) is 1.76. The highest BCUT2D eigenvalue weighted by Gasteiger charge is 2.14. The van der Waals surface area contributed by atoms with Crippen molar-refractivity contribution in [1.82, 2.24) is 0 Å². The third-order valence-electron chi connectivity index (χ3n) is 0.992. The summed E-state index contributed by atoms with van der Waals surface area (Å²) in [4.78, 5) is 10.0. The van der Waals surface area contributed by atoms with Crippen molar-refractivity contribution < 1.29 is 28.2 Å². The molecule has 72 valence electrons. The fourth-order valence-corrected chi connectivity index (χ4v) is 1.29. The second kappa shape index (κ2) is 4.04. The van der Waals surface area contributed by atoms with Gasteiger partial charge in [0.15, 0.2) is 5.75 Å². The van der Waals surface area contributed by atoms with Crippen LogP contribution in [-0.4, -0.2) is 17.9 Å². The molecule has 0 bridgehead atoms. The van der Waals surface area contributed by atoms with Crippen LogP contribution in [0.2, 0.25) is 0 Å². The molecule has 0 saturated carbocycles. The molecule has 0 saturated heterocycles. The minimum absolute atomic E-state index is 0.201. The standard InChI is InChI=1S/C6H4F2O4S/c7-5(8)11-3-1-2-13-4(3)12-6(9)10/h1-2,5H,(H,9,10). The van der Waals surface area contributed by atoms with E-state index in [0.29, 0.717) is 0 Å². The molecule has 0 aliphatic rings. The lowest BCUT2D eigenvalue weighted by Crippen LogP contribution is -2.05. The van der Waals surface area contributed by atoms with Crippen molar-refractivity contribution in [3.05, 3.63) is 11.4 Å². The summed E-state index contributed by atoms with van der Waals surface area (Å²) in [7, 11) is 0. The Morgan fingerprint density at radius 1 is 1.62 bits per heavy atom. The van der Waals surface area contributed by atoms with Crippen LogP contribution < -0.4 is 9.47 Å². The Balaban J connectivity index is 2.71. The molecule has 0 aliphatic heterocycles. The molecule has 0 fully saturated rings. The molecule has 0 amide bonds. The van der Waals surface area contributed by atoms with Gasteiger partial charge in [0.05, 0.1) is 0 Å². The van der Waals surface area contributed by atoms with Gasteiger partial charge < -0.3 is 14.6 Å². The molecule has 0 radical (unpaired) electrons. The summed E-state index contributed by atoms with van der Waals surface area (Å²) < 4.78 is 31.5. The Labute approximate surface area is 75.3 Å². The van der Waals surface area contributed by atoms with E-state index < -0.39 is 12.8 Å². The molecule has 0 unspecified atom stereocenters. The first-order valence-corrected chi connectivity index (χ1v) is 3.90. The first kappa shape index (κ1) is 9.72. The quantitative estimate of drug-likeness (QED) is 0.778. The van der Waals surface area contributed by atoms with Crippen molar-refractivity contribution in [1.29, 1.82) is 0 Å². The zero-order valence-corrected chi connectivity index (χ0v) is 6.88. The summed E-state index contributed by atoms with van der Waals surface area (Å²) in [6.07, 6.45) is -1.57. The molecule has 7 heteroatoms. The van der Waals surface area contributed by atoms with Crippen LogP contribution in [0.5, 0.6) is 10.8 Å². The number of carboxylic acid groups (broad SMARTS) is 1. The molecule has 13 heavy (non-hydrogen) atoms. The van der Waals surface area contributed by atoms with Gasteiger partial charge in [0, 0.05) is 0 Å². The van der Waals surface area contributed by atoms with Crippen molar-refractivity contribution in [2.45, 2.75) is 6.61 Å². The Hall–Kier alpha value is -1.37. The summed E-state index contributed by atoms with van der Waals surface area (Å²) in [6.45, 7) is -2.99.